The fourth-order valence-corrected chi connectivity index (χ4v) is 3.34. The number of piperidine rings is 1. The van der Waals surface area contributed by atoms with E-state index in [0.29, 0.717) is 6.04 Å². The zero-order chi connectivity index (χ0) is 16.6. The maximum Gasteiger partial charge on any atom is 0.123 e. The van der Waals surface area contributed by atoms with Crippen LogP contribution in [-0.4, -0.2) is 30.6 Å². The van der Waals surface area contributed by atoms with E-state index in [1.54, 1.807) is 0 Å². The van der Waals surface area contributed by atoms with E-state index >= 15 is 0 Å². The van der Waals surface area contributed by atoms with Gasteiger partial charge in [0.25, 0.3) is 0 Å². The van der Waals surface area contributed by atoms with Crippen molar-refractivity contribution in [2.24, 2.45) is 0 Å². The molecule has 0 saturated carbocycles. The summed E-state index contributed by atoms with van der Waals surface area (Å²) < 4.78 is 5.71. The molecule has 0 spiro atoms. The van der Waals surface area contributed by atoms with E-state index in [9.17, 15) is 0 Å². The summed E-state index contributed by atoms with van der Waals surface area (Å²) in [5, 5.41) is 3.71. The van der Waals surface area contributed by atoms with Crippen LogP contribution in [0.3, 0.4) is 0 Å². The van der Waals surface area contributed by atoms with Crippen LogP contribution in [0, 0.1) is 0 Å². The summed E-state index contributed by atoms with van der Waals surface area (Å²) in [6.45, 7) is 7.04. The molecule has 1 fully saturated rings. The van der Waals surface area contributed by atoms with Gasteiger partial charge in [0.1, 0.15) is 5.75 Å². The molecule has 2 aromatic rings. The predicted molar refractivity (Wildman–Crippen MR) is 99.2 cm³/mol. The normalized spacial score (nSPS) is 16.2. The van der Waals surface area contributed by atoms with E-state index < -0.39 is 0 Å². The Kier molecular flexibility index (Phi) is 6.27. The van der Waals surface area contributed by atoms with Gasteiger partial charge in [-0.05, 0) is 44.5 Å². The zero-order valence-electron chi connectivity index (χ0n) is 14.6. The number of likely N-dealkylation sites (tertiary alicyclic amines) is 1. The second-order valence-electron chi connectivity index (χ2n) is 6.46. The number of ether oxygens (including phenoxy) is 1. The van der Waals surface area contributed by atoms with Crippen LogP contribution in [0.4, 0.5) is 0 Å². The largest absolute Gasteiger partial charge is 0.494 e. The van der Waals surface area contributed by atoms with Crippen LogP contribution < -0.4 is 10.1 Å². The van der Waals surface area contributed by atoms with Crippen molar-refractivity contribution in [2.75, 3.05) is 19.7 Å². The lowest BCUT2D eigenvalue weighted by molar-refractivity contribution is 0.190. The Labute approximate surface area is 145 Å². The van der Waals surface area contributed by atoms with Gasteiger partial charge in [0, 0.05) is 24.7 Å². The standard InChI is InChI=1S/C21H28N2O/c1-2-24-21-11-7-6-10-19(21)16-22-20-12-14-23(15-13-20)17-18-8-4-3-5-9-18/h3-11,20,22H,2,12-17H2,1H3. The highest BCUT2D eigenvalue weighted by Gasteiger charge is 2.19. The van der Waals surface area contributed by atoms with Crippen LogP contribution in [0.2, 0.25) is 0 Å². The van der Waals surface area contributed by atoms with Crippen molar-refractivity contribution < 1.29 is 4.74 Å². The average molecular weight is 324 g/mol. The molecule has 1 aliphatic heterocycles. The Morgan fingerprint density at radius 3 is 2.46 bits per heavy atom. The van der Waals surface area contributed by atoms with Gasteiger partial charge in [-0.2, -0.15) is 0 Å². The maximum absolute atomic E-state index is 5.71. The summed E-state index contributed by atoms with van der Waals surface area (Å²) in [5.74, 6) is 1.01. The number of hydrogen-bond donors (Lipinski definition) is 1. The molecule has 24 heavy (non-hydrogen) atoms. The third kappa shape index (κ3) is 4.83. The summed E-state index contributed by atoms with van der Waals surface area (Å²) in [5.41, 5.74) is 2.67. The first-order valence-electron chi connectivity index (χ1n) is 9.05. The monoisotopic (exact) mass is 324 g/mol. The highest BCUT2D eigenvalue weighted by Crippen LogP contribution is 2.19. The topological polar surface area (TPSA) is 24.5 Å². The zero-order valence-corrected chi connectivity index (χ0v) is 14.6. The predicted octanol–water partition coefficient (Wildman–Crippen LogP) is 3.84. The molecule has 128 valence electrons. The summed E-state index contributed by atoms with van der Waals surface area (Å²) >= 11 is 0. The second kappa shape index (κ2) is 8.86. The molecule has 2 aromatic carbocycles. The third-order valence-corrected chi connectivity index (χ3v) is 4.69. The van der Waals surface area contributed by atoms with E-state index in [0.717, 1.165) is 25.4 Å². The van der Waals surface area contributed by atoms with Crippen molar-refractivity contribution in [3.63, 3.8) is 0 Å². The molecular formula is C21H28N2O. The molecule has 0 amide bonds. The summed E-state index contributed by atoms with van der Waals surface area (Å²) in [7, 11) is 0. The van der Waals surface area contributed by atoms with E-state index in [1.165, 1.54) is 37.1 Å². The highest BCUT2D eigenvalue weighted by molar-refractivity contribution is 5.33. The first kappa shape index (κ1) is 17.0. The van der Waals surface area contributed by atoms with E-state index in [4.69, 9.17) is 4.74 Å². The summed E-state index contributed by atoms with van der Waals surface area (Å²) in [6.07, 6.45) is 2.42. The molecule has 1 heterocycles. The molecule has 3 rings (SSSR count). The molecule has 0 radical (unpaired) electrons. The van der Waals surface area contributed by atoms with Crippen molar-refractivity contribution in [2.45, 2.75) is 38.9 Å². The minimum atomic E-state index is 0.603. The number of rotatable bonds is 7. The number of nitrogens with one attached hydrogen (secondary N) is 1. The molecule has 0 unspecified atom stereocenters. The van der Waals surface area contributed by atoms with Gasteiger partial charge in [0.2, 0.25) is 0 Å². The van der Waals surface area contributed by atoms with Crippen LogP contribution in [0.15, 0.2) is 54.6 Å². The van der Waals surface area contributed by atoms with Crippen LogP contribution in [0.1, 0.15) is 30.9 Å². The minimum Gasteiger partial charge on any atom is -0.494 e. The van der Waals surface area contributed by atoms with Crippen molar-refractivity contribution in [3.8, 4) is 5.75 Å². The average Bonchev–Trinajstić information content (AvgIpc) is 2.63. The van der Waals surface area contributed by atoms with Gasteiger partial charge in [-0.1, -0.05) is 48.5 Å². The van der Waals surface area contributed by atoms with Gasteiger partial charge in [0.05, 0.1) is 6.61 Å². The Morgan fingerprint density at radius 1 is 1.00 bits per heavy atom. The Balaban J connectivity index is 1.44. The van der Waals surface area contributed by atoms with Crippen molar-refractivity contribution >= 4 is 0 Å². The number of benzene rings is 2. The molecule has 0 aliphatic carbocycles. The van der Waals surface area contributed by atoms with Crippen LogP contribution in [0.25, 0.3) is 0 Å². The first-order chi connectivity index (χ1) is 11.8. The summed E-state index contributed by atoms with van der Waals surface area (Å²) in [6, 6.07) is 19.7. The molecule has 1 N–H and O–H groups in total. The SMILES string of the molecule is CCOc1ccccc1CNC1CCN(Cc2ccccc2)CC1. The number of nitrogens with zero attached hydrogens (tertiary/aromatic N) is 1. The van der Waals surface area contributed by atoms with Crippen LogP contribution in [0.5, 0.6) is 5.75 Å². The van der Waals surface area contributed by atoms with Gasteiger partial charge in [-0.3, -0.25) is 4.90 Å². The fourth-order valence-electron chi connectivity index (χ4n) is 3.34. The summed E-state index contributed by atoms with van der Waals surface area (Å²) in [4.78, 5) is 2.56. The first-order valence-corrected chi connectivity index (χ1v) is 9.05. The molecular weight excluding hydrogens is 296 g/mol. The highest BCUT2D eigenvalue weighted by atomic mass is 16.5. The molecule has 3 nitrogen and oxygen atoms in total. The smallest absolute Gasteiger partial charge is 0.123 e. The van der Waals surface area contributed by atoms with Gasteiger partial charge in [-0.25, -0.2) is 0 Å². The molecule has 1 aliphatic rings. The Morgan fingerprint density at radius 2 is 1.71 bits per heavy atom. The molecule has 3 heteroatoms. The van der Waals surface area contributed by atoms with E-state index in [1.807, 2.05) is 13.0 Å². The second-order valence-corrected chi connectivity index (χ2v) is 6.46. The lowest BCUT2D eigenvalue weighted by Gasteiger charge is -2.32. The lowest BCUT2D eigenvalue weighted by atomic mass is 10.0. The van der Waals surface area contributed by atoms with Gasteiger partial charge in [-0.15, -0.1) is 0 Å². The van der Waals surface area contributed by atoms with Crippen LogP contribution in [-0.2, 0) is 13.1 Å². The van der Waals surface area contributed by atoms with E-state index in [2.05, 4.69) is 58.7 Å². The van der Waals surface area contributed by atoms with Gasteiger partial charge < -0.3 is 10.1 Å². The van der Waals surface area contributed by atoms with E-state index in [-0.39, 0.29) is 0 Å². The Bertz CT molecular complexity index is 606. The molecule has 0 atom stereocenters. The third-order valence-electron chi connectivity index (χ3n) is 4.69. The van der Waals surface area contributed by atoms with Crippen molar-refractivity contribution in [3.05, 3.63) is 65.7 Å². The lowest BCUT2D eigenvalue weighted by Crippen LogP contribution is -2.41. The molecule has 1 saturated heterocycles. The van der Waals surface area contributed by atoms with Crippen molar-refractivity contribution in [1.29, 1.82) is 0 Å². The number of hydrogen-bond acceptors (Lipinski definition) is 3. The maximum atomic E-state index is 5.71. The number of para-hydroxylation sites is 1. The van der Waals surface area contributed by atoms with Crippen LogP contribution >= 0.6 is 0 Å². The molecule has 0 aromatic heterocycles. The molecule has 0 bridgehead atoms. The Hall–Kier alpha value is -1.84. The van der Waals surface area contributed by atoms with Gasteiger partial charge >= 0.3 is 0 Å². The van der Waals surface area contributed by atoms with Crippen molar-refractivity contribution in [1.82, 2.24) is 10.2 Å². The minimum absolute atomic E-state index is 0.603. The fraction of sp³-hybridized carbons (Fsp3) is 0.429. The van der Waals surface area contributed by atoms with Gasteiger partial charge in [0.15, 0.2) is 0 Å². The quantitative estimate of drug-likeness (QED) is 0.837.